The number of aromatic nitrogens is 1. The summed E-state index contributed by atoms with van der Waals surface area (Å²) in [4.78, 5) is 4.55. The molecule has 0 aliphatic rings. The first-order valence-corrected chi connectivity index (χ1v) is 6.65. The van der Waals surface area contributed by atoms with Crippen molar-refractivity contribution in [3.63, 3.8) is 0 Å². The van der Waals surface area contributed by atoms with E-state index in [0.29, 0.717) is 10.9 Å². The smallest absolute Gasteiger partial charge is 0.406 e. The Morgan fingerprint density at radius 2 is 1.68 bits per heavy atom. The van der Waals surface area contributed by atoms with Gasteiger partial charge in [-0.3, -0.25) is 0 Å². The topological polar surface area (TPSA) is 22.1 Å². The van der Waals surface area contributed by atoms with Gasteiger partial charge >= 0.3 is 6.36 Å². The van der Waals surface area contributed by atoms with Crippen LogP contribution < -0.4 is 4.74 Å². The van der Waals surface area contributed by atoms with Crippen LogP contribution in [0.1, 0.15) is 5.56 Å². The van der Waals surface area contributed by atoms with Gasteiger partial charge in [-0.2, -0.15) is 0 Å². The van der Waals surface area contributed by atoms with Crippen LogP contribution in [0.4, 0.5) is 13.2 Å². The molecular weight excluding hydrogens is 291 g/mol. The van der Waals surface area contributed by atoms with E-state index in [2.05, 4.69) is 9.72 Å². The average molecular weight is 303 g/mol. The third-order valence-corrected chi connectivity index (χ3v) is 3.26. The fourth-order valence-corrected chi connectivity index (χ4v) is 2.35. The van der Waals surface area contributed by atoms with Crippen molar-refractivity contribution in [2.24, 2.45) is 0 Å². The lowest BCUT2D eigenvalue weighted by Gasteiger charge is -2.11. The predicted octanol–water partition coefficient (Wildman–Crippen LogP) is 5.11. The number of aryl methyl sites for hydroxylation is 1. The van der Waals surface area contributed by atoms with E-state index in [0.717, 1.165) is 16.8 Å². The predicted molar refractivity (Wildman–Crippen MR) is 78.6 cm³/mol. The summed E-state index contributed by atoms with van der Waals surface area (Å²) >= 11 is 0. The number of alkyl halides is 3. The van der Waals surface area contributed by atoms with E-state index in [4.69, 9.17) is 0 Å². The average Bonchev–Trinajstić information content (AvgIpc) is 2.45. The van der Waals surface area contributed by atoms with Gasteiger partial charge in [0.25, 0.3) is 0 Å². The Balaban J connectivity index is 2.07. The number of fused-ring (bicyclic) bond motifs is 1. The molecule has 3 aromatic rings. The maximum absolute atomic E-state index is 12.3. The van der Waals surface area contributed by atoms with Crippen molar-refractivity contribution >= 4 is 10.9 Å². The largest absolute Gasteiger partial charge is 0.573 e. The van der Waals surface area contributed by atoms with Crippen LogP contribution in [0.3, 0.4) is 0 Å². The summed E-state index contributed by atoms with van der Waals surface area (Å²) in [6.07, 6.45) is -4.69. The van der Waals surface area contributed by atoms with Crippen LogP contribution in [0.5, 0.6) is 5.75 Å². The molecule has 0 radical (unpaired) electrons. The standard InChI is InChI=1S/C17H12F3NO/c1-11-9-13-10-14(22-17(18,19)20)7-8-15(13)21-16(11)12-5-3-2-4-6-12/h2-10H,1H3. The van der Waals surface area contributed by atoms with Crippen molar-refractivity contribution in [2.75, 3.05) is 0 Å². The second kappa shape index (κ2) is 5.33. The fraction of sp³-hybridized carbons (Fsp3) is 0.118. The highest BCUT2D eigenvalue weighted by Crippen LogP contribution is 2.29. The number of nitrogens with zero attached hydrogens (tertiary/aromatic N) is 1. The van der Waals surface area contributed by atoms with Crippen LogP contribution in [-0.4, -0.2) is 11.3 Å². The van der Waals surface area contributed by atoms with E-state index in [1.54, 1.807) is 0 Å². The van der Waals surface area contributed by atoms with Gasteiger partial charge in [0.15, 0.2) is 0 Å². The summed E-state index contributed by atoms with van der Waals surface area (Å²) in [5, 5.41) is 0.610. The van der Waals surface area contributed by atoms with Crippen LogP contribution in [-0.2, 0) is 0 Å². The van der Waals surface area contributed by atoms with Crippen LogP contribution in [0.15, 0.2) is 54.6 Å². The summed E-state index contributed by atoms with van der Waals surface area (Å²) in [5.74, 6) is -0.242. The zero-order valence-corrected chi connectivity index (χ0v) is 11.7. The van der Waals surface area contributed by atoms with Gasteiger partial charge in [0.1, 0.15) is 5.75 Å². The van der Waals surface area contributed by atoms with Gasteiger partial charge in [0.05, 0.1) is 11.2 Å². The van der Waals surface area contributed by atoms with E-state index in [1.807, 2.05) is 43.3 Å². The molecule has 1 aromatic heterocycles. The summed E-state index contributed by atoms with van der Waals surface area (Å²) in [7, 11) is 0. The van der Waals surface area contributed by atoms with Crippen molar-refractivity contribution in [3.8, 4) is 17.0 Å². The fourth-order valence-electron chi connectivity index (χ4n) is 2.35. The second-order valence-electron chi connectivity index (χ2n) is 4.92. The van der Waals surface area contributed by atoms with Gasteiger partial charge < -0.3 is 4.74 Å². The molecular formula is C17H12F3NO. The summed E-state index contributed by atoms with van der Waals surface area (Å²) < 4.78 is 40.7. The molecule has 2 nitrogen and oxygen atoms in total. The minimum absolute atomic E-state index is 0.242. The number of pyridine rings is 1. The van der Waals surface area contributed by atoms with E-state index in [-0.39, 0.29) is 5.75 Å². The molecule has 0 fully saturated rings. The zero-order chi connectivity index (χ0) is 15.7. The Morgan fingerprint density at radius 1 is 0.955 bits per heavy atom. The van der Waals surface area contributed by atoms with Gasteiger partial charge in [-0.05, 0) is 36.8 Å². The number of hydrogen-bond acceptors (Lipinski definition) is 2. The van der Waals surface area contributed by atoms with Crippen molar-refractivity contribution in [1.82, 2.24) is 4.98 Å². The Labute approximate surface area is 125 Å². The summed E-state index contributed by atoms with van der Waals surface area (Å²) in [6, 6.07) is 15.6. The Kier molecular flexibility index (Phi) is 3.48. The van der Waals surface area contributed by atoms with E-state index >= 15 is 0 Å². The highest BCUT2D eigenvalue weighted by Gasteiger charge is 2.31. The monoisotopic (exact) mass is 303 g/mol. The lowest BCUT2D eigenvalue weighted by molar-refractivity contribution is -0.274. The number of rotatable bonds is 2. The van der Waals surface area contributed by atoms with Gasteiger partial charge in [0, 0.05) is 10.9 Å². The minimum atomic E-state index is -4.69. The number of halogens is 3. The molecule has 0 unspecified atom stereocenters. The molecule has 0 atom stereocenters. The van der Waals surface area contributed by atoms with Crippen molar-refractivity contribution < 1.29 is 17.9 Å². The summed E-state index contributed by atoms with van der Waals surface area (Å²) in [5.41, 5.74) is 3.30. The molecule has 0 bridgehead atoms. The molecule has 0 spiro atoms. The molecule has 0 aliphatic carbocycles. The first-order chi connectivity index (χ1) is 10.4. The second-order valence-corrected chi connectivity index (χ2v) is 4.92. The molecule has 0 aliphatic heterocycles. The van der Waals surface area contributed by atoms with Gasteiger partial charge in [-0.15, -0.1) is 13.2 Å². The van der Waals surface area contributed by atoms with Gasteiger partial charge in [0.2, 0.25) is 0 Å². The third kappa shape index (κ3) is 3.03. The lowest BCUT2D eigenvalue weighted by atomic mass is 10.0. The molecule has 112 valence electrons. The van der Waals surface area contributed by atoms with Crippen LogP contribution in [0, 0.1) is 6.92 Å². The normalized spacial score (nSPS) is 11.6. The molecule has 22 heavy (non-hydrogen) atoms. The van der Waals surface area contributed by atoms with Crippen molar-refractivity contribution in [1.29, 1.82) is 0 Å². The van der Waals surface area contributed by atoms with E-state index in [1.165, 1.54) is 18.2 Å². The first kappa shape index (κ1) is 14.4. The molecule has 0 N–H and O–H groups in total. The maximum Gasteiger partial charge on any atom is 0.573 e. The van der Waals surface area contributed by atoms with Gasteiger partial charge in [-0.25, -0.2) is 4.98 Å². The number of ether oxygens (including phenoxy) is 1. The van der Waals surface area contributed by atoms with E-state index < -0.39 is 6.36 Å². The molecule has 2 aromatic carbocycles. The summed E-state index contributed by atoms with van der Waals surface area (Å²) in [6.45, 7) is 1.88. The minimum Gasteiger partial charge on any atom is -0.406 e. The third-order valence-electron chi connectivity index (χ3n) is 3.26. The highest BCUT2D eigenvalue weighted by atomic mass is 19.4. The molecule has 3 rings (SSSR count). The highest BCUT2D eigenvalue weighted by molar-refractivity contribution is 5.84. The van der Waals surface area contributed by atoms with Crippen molar-refractivity contribution in [3.05, 3.63) is 60.2 Å². The Morgan fingerprint density at radius 3 is 2.36 bits per heavy atom. The first-order valence-electron chi connectivity index (χ1n) is 6.65. The molecule has 0 amide bonds. The maximum atomic E-state index is 12.3. The van der Waals surface area contributed by atoms with Crippen LogP contribution in [0.25, 0.3) is 22.2 Å². The SMILES string of the molecule is Cc1cc2cc(OC(F)(F)F)ccc2nc1-c1ccccc1. The Hall–Kier alpha value is -2.56. The zero-order valence-electron chi connectivity index (χ0n) is 11.7. The van der Waals surface area contributed by atoms with Crippen molar-refractivity contribution in [2.45, 2.75) is 13.3 Å². The van der Waals surface area contributed by atoms with Gasteiger partial charge in [-0.1, -0.05) is 30.3 Å². The van der Waals surface area contributed by atoms with Crippen LogP contribution in [0.2, 0.25) is 0 Å². The quantitative estimate of drug-likeness (QED) is 0.656. The van der Waals surface area contributed by atoms with E-state index in [9.17, 15) is 13.2 Å². The molecule has 0 saturated carbocycles. The lowest BCUT2D eigenvalue weighted by Crippen LogP contribution is -2.17. The Bertz CT molecular complexity index is 813. The number of hydrogen-bond donors (Lipinski definition) is 0. The number of benzene rings is 2. The molecule has 0 saturated heterocycles. The van der Waals surface area contributed by atoms with Crippen LogP contribution >= 0.6 is 0 Å². The molecule has 5 heteroatoms. The molecule has 1 heterocycles.